The van der Waals surface area contributed by atoms with Gasteiger partial charge in [-0.15, -0.1) is 0 Å². The van der Waals surface area contributed by atoms with Crippen molar-refractivity contribution in [3.63, 3.8) is 0 Å². The molecule has 1 amide bonds. The van der Waals surface area contributed by atoms with Crippen LogP contribution < -0.4 is 5.32 Å². The Kier molecular flexibility index (Phi) is 4.69. The van der Waals surface area contributed by atoms with Gasteiger partial charge in [0.1, 0.15) is 5.69 Å². The van der Waals surface area contributed by atoms with Gasteiger partial charge in [-0.2, -0.15) is 0 Å². The number of rotatable bonds is 4. The number of hydrogen-bond donors (Lipinski definition) is 1. The average molecular weight is 326 g/mol. The van der Waals surface area contributed by atoms with Crippen molar-refractivity contribution in [1.82, 2.24) is 9.88 Å². The Balaban J connectivity index is 1.80. The van der Waals surface area contributed by atoms with E-state index in [4.69, 9.17) is 4.74 Å². The molecule has 0 bridgehead atoms. The van der Waals surface area contributed by atoms with Crippen molar-refractivity contribution in [2.75, 3.05) is 6.61 Å². The van der Waals surface area contributed by atoms with E-state index >= 15 is 0 Å². The van der Waals surface area contributed by atoms with Gasteiger partial charge in [0.15, 0.2) is 0 Å². The van der Waals surface area contributed by atoms with E-state index in [2.05, 4.69) is 5.32 Å². The summed E-state index contributed by atoms with van der Waals surface area (Å²) in [5.41, 5.74) is 3.43. The fourth-order valence-electron chi connectivity index (χ4n) is 3.23. The van der Waals surface area contributed by atoms with Gasteiger partial charge in [-0.3, -0.25) is 4.79 Å². The third-order valence-corrected chi connectivity index (χ3v) is 4.45. The molecule has 3 rings (SSSR count). The fraction of sp³-hybridized carbons (Fsp3) is 0.368. The molecule has 5 nitrogen and oxygen atoms in total. The second-order valence-electron chi connectivity index (χ2n) is 6.06. The van der Waals surface area contributed by atoms with Gasteiger partial charge >= 0.3 is 5.97 Å². The molecule has 1 N–H and O–H groups in total. The summed E-state index contributed by atoms with van der Waals surface area (Å²) in [5.74, 6) is -0.370. The SMILES string of the molecule is CCOC(=O)c1ccc2c(c1)CCC[C@H]2NC(=O)c1cccn1C. The molecule has 1 aromatic carbocycles. The van der Waals surface area contributed by atoms with Crippen molar-refractivity contribution >= 4 is 11.9 Å². The van der Waals surface area contributed by atoms with E-state index in [1.54, 1.807) is 13.0 Å². The highest BCUT2D eigenvalue weighted by molar-refractivity contribution is 5.93. The number of fused-ring (bicyclic) bond motifs is 1. The first-order valence-corrected chi connectivity index (χ1v) is 8.32. The topological polar surface area (TPSA) is 60.3 Å². The van der Waals surface area contributed by atoms with Crippen LogP contribution in [-0.4, -0.2) is 23.1 Å². The monoisotopic (exact) mass is 326 g/mol. The van der Waals surface area contributed by atoms with Crippen molar-refractivity contribution in [1.29, 1.82) is 0 Å². The number of benzene rings is 1. The van der Waals surface area contributed by atoms with Crippen LogP contribution in [0.4, 0.5) is 0 Å². The highest BCUT2D eigenvalue weighted by atomic mass is 16.5. The average Bonchev–Trinajstić information content (AvgIpc) is 3.01. The van der Waals surface area contributed by atoms with E-state index in [1.807, 2.05) is 42.1 Å². The molecule has 0 fully saturated rings. The van der Waals surface area contributed by atoms with Crippen molar-refractivity contribution in [3.8, 4) is 0 Å². The summed E-state index contributed by atoms with van der Waals surface area (Å²) in [6.07, 6.45) is 4.66. The molecular formula is C19H22N2O3. The van der Waals surface area contributed by atoms with Crippen LogP contribution >= 0.6 is 0 Å². The molecule has 0 saturated carbocycles. The van der Waals surface area contributed by atoms with Crippen LogP contribution in [0.3, 0.4) is 0 Å². The summed E-state index contributed by atoms with van der Waals surface area (Å²) in [6.45, 7) is 2.16. The van der Waals surface area contributed by atoms with Gasteiger partial charge in [0.25, 0.3) is 5.91 Å². The van der Waals surface area contributed by atoms with E-state index < -0.39 is 0 Å². The molecule has 1 aromatic heterocycles. The molecular weight excluding hydrogens is 304 g/mol. The zero-order chi connectivity index (χ0) is 17.1. The quantitative estimate of drug-likeness (QED) is 0.879. The maximum Gasteiger partial charge on any atom is 0.338 e. The molecule has 24 heavy (non-hydrogen) atoms. The second-order valence-corrected chi connectivity index (χ2v) is 6.06. The predicted molar refractivity (Wildman–Crippen MR) is 91.0 cm³/mol. The fourth-order valence-corrected chi connectivity index (χ4v) is 3.23. The highest BCUT2D eigenvalue weighted by Crippen LogP contribution is 2.30. The van der Waals surface area contributed by atoms with Crippen molar-refractivity contribution in [3.05, 3.63) is 58.9 Å². The third-order valence-electron chi connectivity index (χ3n) is 4.45. The second kappa shape index (κ2) is 6.91. The van der Waals surface area contributed by atoms with Crippen molar-refractivity contribution < 1.29 is 14.3 Å². The first-order chi connectivity index (χ1) is 11.6. The lowest BCUT2D eigenvalue weighted by molar-refractivity contribution is 0.0526. The zero-order valence-electron chi connectivity index (χ0n) is 14.0. The summed E-state index contributed by atoms with van der Waals surface area (Å²) >= 11 is 0. The number of esters is 1. The lowest BCUT2D eigenvalue weighted by atomic mass is 9.86. The molecule has 5 heteroatoms. The number of carbonyl (C=O) groups excluding carboxylic acids is 2. The van der Waals surface area contributed by atoms with Crippen LogP contribution in [0.5, 0.6) is 0 Å². The smallest absolute Gasteiger partial charge is 0.338 e. The number of amides is 1. The van der Waals surface area contributed by atoms with Gasteiger partial charge < -0.3 is 14.6 Å². The summed E-state index contributed by atoms with van der Waals surface area (Å²) in [6, 6.07) is 9.26. The lowest BCUT2D eigenvalue weighted by Crippen LogP contribution is -2.32. The molecule has 0 saturated heterocycles. The van der Waals surface area contributed by atoms with Gasteiger partial charge in [0.2, 0.25) is 0 Å². The van der Waals surface area contributed by atoms with E-state index in [0.717, 1.165) is 30.4 Å². The minimum Gasteiger partial charge on any atom is -0.462 e. The normalized spacial score (nSPS) is 16.3. The first-order valence-electron chi connectivity index (χ1n) is 8.32. The van der Waals surface area contributed by atoms with E-state index in [1.165, 1.54) is 0 Å². The van der Waals surface area contributed by atoms with Crippen LogP contribution in [0.15, 0.2) is 36.5 Å². The van der Waals surface area contributed by atoms with Crippen LogP contribution in [0.2, 0.25) is 0 Å². The number of hydrogen-bond acceptors (Lipinski definition) is 3. The number of nitrogens with zero attached hydrogens (tertiary/aromatic N) is 1. The van der Waals surface area contributed by atoms with E-state index in [9.17, 15) is 9.59 Å². The third kappa shape index (κ3) is 3.20. The number of aryl methyl sites for hydroxylation is 2. The Morgan fingerprint density at radius 3 is 2.88 bits per heavy atom. The zero-order valence-corrected chi connectivity index (χ0v) is 14.0. The highest BCUT2D eigenvalue weighted by Gasteiger charge is 2.24. The molecule has 0 radical (unpaired) electrons. The predicted octanol–water partition coefficient (Wildman–Crippen LogP) is 3.01. The van der Waals surface area contributed by atoms with Crippen LogP contribution in [0.25, 0.3) is 0 Å². The Morgan fingerprint density at radius 1 is 1.33 bits per heavy atom. The molecule has 2 aromatic rings. The molecule has 1 atom stereocenters. The van der Waals surface area contributed by atoms with Gasteiger partial charge in [-0.05, 0) is 61.6 Å². The number of aromatic nitrogens is 1. The van der Waals surface area contributed by atoms with Crippen LogP contribution in [0.1, 0.15) is 57.8 Å². The molecule has 0 unspecified atom stereocenters. The number of carbonyl (C=O) groups is 2. The van der Waals surface area contributed by atoms with Crippen LogP contribution in [0, 0.1) is 0 Å². The van der Waals surface area contributed by atoms with E-state index in [0.29, 0.717) is 17.9 Å². The maximum atomic E-state index is 12.5. The molecule has 0 aliphatic heterocycles. The largest absolute Gasteiger partial charge is 0.462 e. The van der Waals surface area contributed by atoms with Gasteiger partial charge in [-0.25, -0.2) is 4.79 Å². The Hall–Kier alpha value is -2.56. The Bertz CT molecular complexity index is 764. The van der Waals surface area contributed by atoms with Gasteiger partial charge in [0.05, 0.1) is 18.2 Å². The molecule has 1 heterocycles. The summed E-state index contributed by atoms with van der Waals surface area (Å²) in [5, 5.41) is 3.12. The molecule has 126 valence electrons. The minimum absolute atomic E-state index is 0.0209. The summed E-state index contributed by atoms with van der Waals surface area (Å²) in [4.78, 5) is 24.3. The summed E-state index contributed by atoms with van der Waals surface area (Å²) in [7, 11) is 1.86. The van der Waals surface area contributed by atoms with Gasteiger partial charge in [-0.1, -0.05) is 6.07 Å². The van der Waals surface area contributed by atoms with Gasteiger partial charge in [0, 0.05) is 13.2 Å². The number of nitrogens with one attached hydrogen (secondary N) is 1. The number of ether oxygens (including phenoxy) is 1. The Labute approximate surface area is 141 Å². The summed E-state index contributed by atoms with van der Waals surface area (Å²) < 4.78 is 6.87. The Morgan fingerprint density at radius 2 is 2.17 bits per heavy atom. The lowest BCUT2D eigenvalue weighted by Gasteiger charge is -2.27. The standard InChI is InChI=1S/C19H22N2O3/c1-3-24-19(23)14-9-10-15-13(12-14)6-4-7-16(15)20-18(22)17-8-5-11-21(17)2/h5,8-12,16H,3-4,6-7H2,1-2H3,(H,20,22)/t16-/m1/s1. The molecule has 0 spiro atoms. The van der Waals surface area contributed by atoms with Crippen molar-refractivity contribution in [2.24, 2.45) is 7.05 Å². The van der Waals surface area contributed by atoms with E-state index in [-0.39, 0.29) is 17.9 Å². The van der Waals surface area contributed by atoms with Crippen molar-refractivity contribution in [2.45, 2.75) is 32.2 Å². The molecule has 1 aliphatic carbocycles. The molecule has 1 aliphatic rings. The maximum absolute atomic E-state index is 12.5. The van der Waals surface area contributed by atoms with Crippen LogP contribution in [-0.2, 0) is 18.2 Å². The first kappa shape index (κ1) is 16.3. The minimum atomic E-state index is -0.296.